The lowest BCUT2D eigenvalue weighted by Gasteiger charge is -2.46. The molecule has 2 saturated heterocycles. The van der Waals surface area contributed by atoms with Crippen LogP contribution in [0.3, 0.4) is 0 Å². The quantitative estimate of drug-likeness (QED) is 0.729. The maximum atomic E-state index is 14.2. The number of benzene rings is 2. The molecule has 2 heterocycles. The Labute approximate surface area is 180 Å². The van der Waals surface area contributed by atoms with Crippen molar-refractivity contribution in [2.24, 2.45) is 5.41 Å². The predicted octanol–water partition coefficient (Wildman–Crippen LogP) is 3.20. The Morgan fingerprint density at radius 3 is 2.32 bits per heavy atom. The van der Waals surface area contributed by atoms with Gasteiger partial charge in [-0.2, -0.15) is 5.26 Å². The maximum absolute atomic E-state index is 14.2. The molecule has 0 aromatic heterocycles. The summed E-state index contributed by atoms with van der Waals surface area (Å²) in [6.45, 7) is 3.98. The van der Waals surface area contributed by atoms with Gasteiger partial charge in [0.05, 0.1) is 32.0 Å². The van der Waals surface area contributed by atoms with Crippen molar-refractivity contribution in [3.8, 4) is 11.8 Å². The fourth-order valence-corrected chi connectivity index (χ4v) is 3.91. The largest absolute Gasteiger partial charge is 0.491 e. The minimum absolute atomic E-state index is 0.0987. The molecule has 6 nitrogen and oxygen atoms in total. The number of hydrogen-bond acceptors (Lipinski definition) is 6. The SMILES string of the molecule is COc1c(F)cc(CN(CCC2OCC3(CNC3)CO2)c2ccc(C#N)cc2)cc1F. The molecule has 164 valence electrons. The first kappa shape index (κ1) is 21.5. The Morgan fingerprint density at radius 2 is 1.81 bits per heavy atom. The summed E-state index contributed by atoms with van der Waals surface area (Å²) in [6, 6.07) is 11.7. The van der Waals surface area contributed by atoms with Gasteiger partial charge in [-0.3, -0.25) is 0 Å². The number of nitriles is 1. The average molecular weight is 429 g/mol. The van der Waals surface area contributed by atoms with Crippen molar-refractivity contribution in [1.82, 2.24) is 5.32 Å². The first-order chi connectivity index (χ1) is 15.0. The van der Waals surface area contributed by atoms with Crippen molar-refractivity contribution >= 4 is 5.69 Å². The van der Waals surface area contributed by atoms with Gasteiger partial charge in [0.2, 0.25) is 0 Å². The van der Waals surface area contributed by atoms with Crippen LogP contribution in [-0.2, 0) is 16.0 Å². The van der Waals surface area contributed by atoms with Crippen LogP contribution in [0.1, 0.15) is 17.5 Å². The highest BCUT2D eigenvalue weighted by Crippen LogP contribution is 2.30. The van der Waals surface area contributed by atoms with E-state index in [0.29, 0.717) is 37.3 Å². The first-order valence-electron chi connectivity index (χ1n) is 10.2. The molecule has 0 radical (unpaired) electrons. The van der Waals surface area contributed by atoms with Crippen LogP contribution in [0, 0.1) is 28.4 Å². The van der Waals surface area contributed by atoms with Crippen molar-refractivity contribution in [2.45, 2.75) is 19.3 Å². The second-order valence-corrected chi connectivity index (χ2v) is 8.12. The van der Waals surface area contributed by atoms with Crippen LogP contribution in [-0.4, -0.2) is 46.2 Å². The van der Waals surface area contributed by atoms with Crippen LogP contribution >= 0.6 is 0 Å². The van der Waals surface area contributed by atoms with E-state index < -0.39 is 17.4 Å². The third-order valence-electron chi connectivity index (χ3n) is 5.78. The van der Waals surface area contributed by atoms with Gasteiger partial charge in [-0.05, 0) is 42.0 Å². The fourth-order valence-electron chi connectivity index (χ4n) is 3.91. The maximum Gasteiger partial charge on any atom is 0.190 e. The van der Waals surface area contributed by atoms with E-state index in [1.54, 1.807) is 12.1 Å². The summed E-state index contributed by atoms with van der Waals surface area (Å²) >= 11 is 0. The Bertz CT molecular complexity index is 925. The van der Waals surface area contributed by atoms with Crippen molar-refractivity contribution in [1.29, 1.82) is 5.26 Å². The lowest BCUT2D eigenvalue weighted by molar-refractivity contribution is -0.239. The van der Waals surface area contributed by atoms with Crippen LogP contribution in [0.15, 0.2) is 36.4 Å². The lowest BCUT2D eigenvalue weighted by atomic mass is 9.83. The highest BCUT2D eigenvalue weighted by Gasteiger charge is 2.42. The summed E-state index contributed by atoms with van der Waals surface area (Å²) in [5, 5.41) is 12.3. The third kappa shape index (κ3) is 4.79. The molecule has 31 heavy (non-hydrogen) atoms. The number of halogens is 2. The molecule has 1 spiro atoms. The van der Waals surface area contributed by atoms with E-state index in [1.807, 2.05) is 17.0 Å². The number of rotatable bonds is 7. The van der Waals surface area contributed by atoms with Gasteiger partial charge < -0.3 is 24.4 Å². The first-order valence-corrected chi connectivity index (χ1v) is 10.2. The smallest absolute Gasteiger partial charge is 0.190 e. The molecular weight excluding hydrogens is 404 g/mol. The molecule has 0 saturated carbocycles. The zero-order chi connectivity index (χ0) is 21.8. The molecule has 2 aromatic carbocycles. The van der Waals surface area contributed by atoms with Crippen molar-refractivity contribution in [3.05, 3.63) is 59.2 Å². The molecule has 4 rings (SSSR count). The zero-order valence-corrected chi connectivity index (χ0v) is 17.4. The summed E-state index contributed by atoms with van der Waals surface area (Å²) in [5.41, 5.74) is 1.96. The van der Waals surface area contributed by atoms with Crippen LogP contribution in [0.25, 0.3) is 0 Å². The van der Waals surface area contributed by atoms with Crippen LogP contribution < -0.4 is 15.0 Å². The number of methoxy groups -OCH3 is 1. The molecule has 2 aliphatic heterocycles. The second kappa shape index (κ2) is 9.18. The fraction of sp³-hybridized carbons (Fsp3) is 0.435. The van der Waals surface area contributed by atoms with Crippen LogP contribution in [0.2, 0.25) is 0 Å². The van der Waals surface area contributed by atoms with E-state index in [1.165, 1.54) is 19.2 Å². The van der Waals surface area contributed by atoms with E-state index in [0.717, 1.165) is 18.8 Å². The summed E-state index contributed by atoms with van der Waals surface area (Å²) in [4.78, 5) is 1.99. The molecular formula is C23H25F2N3O3. The monoisotopic (exact) mass is 429 g/mol. The Kier molecular flexibility index (Phi) is 6.37. The number of ether oxygens (including phenoxy) is 3. The van der Waals surface area contributed by atoms with Crippen LogP contribution in [0.4, 0.5) is 14.5 Å². The Balaban J connectivity index is 1.47. The van der Waals surface area contributed by atoms with Crippen LogP contribution in [0.5, 0.6) is 5.75 Å². The van der Waals surface area contributed by atoms with E-state index in [9.17, 15) is 8.78 Å². The number of hydrogen-bond donors (Lipinski definition) is 1. The summed E-state index contributed by atoms with van der Waals surface area (Å²) in [5.74, 6) is -1.87. The molecule has 0 amide bonds. The zero-order valence-electron chi connectivity index (χ0n) is 17.4. The van der Waals surface area contributed by atoms with Gasteiger partial charge in [-0.25, -0.2) is 8.78 Å². The minimum atomic E-state index is -0.740. The third-order valence-corrected chi connectivity index (χ3v) is 5.78. The molecule has 8 heteroatoms. The molecule has 0 aliphatic carbocycles. The Morgan fingerprint density at radius 1 is 1.16 bits per heavy atom. The number of nitrogens with one attached hydrogen (secondary N) is 1. The van der Waals surface area contributed by atoms with E-state index in [2.05, 4.69) is 11.4 Å². The number of nitrogens with zero attached hydrogens (tertiary/aromatic N) is 2. The normalized spacial score (nSPS) is 17.7. The standard InChI is InChI=1S/C23H25F2N3O3/c1-29-22-19(24)8-17(9-20(22)25)11-28(18-4-2-16(10-26)3-5-18)7-6-21-30-14-23(15-31-21)12-27-13-23/h2-5,8-9,21,27H,6-7,11-15H2,1H3. The lowest BCUT2D eigenvalue weighted by Crippen LogP contribution is -2.61. The summed E-state index contributed by atoms with van der Waals surface area (Å²) < 4.78 is 45.0. The molecule has 0 bridgehead atoms. The van der Waals surface area contributed by atoms with E-state index in [4.69, 9.17) is 19.5 Å². The highest BCUT2D eigenvalue weighted by atomic mass is 19.1. The van der Waals surface area contributed by atoms with Gasteiger partial charge in [0.1, 0.15) is 0 Å². The van der Waals surface area contributed by atoms with Gasteiger partial charge in [-0.1, -0.05) is 0 Å². The molecule has 2 fully saturated rings. The summed E-state index contributed by atoms with van der Waals surface area (Å²) in [6.07, 6.45) is 0.279. The average Bonchev–Trinajstić information content (AvgIpc) is 2.76. The highest BCUT2D eigenvalue weighted by molar-refractivity contribution is 5.50. The van der Waals surface area contributed by atoms with Gasteiger partial charge in [0, 0.05) is 43.7 Å². The second-order valence-electron chi connectivity index (χ2n) is 8.12. The Hall–Kier alpha value is -2.73. The molecule has 1 N–H and O–H groups in total. The molecule has 2 aromatic rings. The van der Waals surface area contributed by atoms with Crippen molar-refractivity contribution in [3.63, 3.8) is 0 Å². The van der Waals surface area contributed by atoms with Gasteiger partial charge in [0.25, 0.3) is 0 Å². The van der Waals surface area contributed by atoms with Crippen molar-refractivity contribution < 1.29 is 23.0 Å². The number of anilines is 1. The van der Waals surface area contributed by atoms with Crippen molar-refractivity contribution in [2.75, 3.05) is 44.9 Å². The van der Waals surface area contributed by atoms with E-state index >= 15 is 0 Å². The topological polar surface area (TPSA) is 66.8 Å². The predicted molar refractivity (Wildman–Crippen MR) is 111 cm³/mol. The molecule has 2 aliphatic rings. The van der Waals surface area contributed by atoms with E-state index in [-0.39, 0.29) is 18.2 Å². The molecule has 0 atom stereocenters. The minimum Gasteiger partial charge on any atom is -0.491 e. The summed E-state index contributed by atoms with van der Waals surface area (Å²) in [7, 11) is 1.23. The molecule has 0 unspecified atom stereocenters. The van der Waals surface area contributed by atoms with Gasteiger partial charge >= 0.3 is 0 Å². The van der Waals surface area contributed by atoms with Gasteiger partial charge in [0.15, 0.2) is 23.7 Å². The van der Waals surface area contributed by atoms with Gasteiger partial charge in [-0.15, -0.1) is 0 Å².